The van der Waals surface area contributed by atoms with Crippen molar-refractivity contribution in [2.24, 2.45) is 0 Å². The molecule has 4 nitrogen and oxygen atoms in total. The number of anilines is 1. The lowest BCUT2D eigenvalue weighted by Crippen LogP contribution is -2.34. The van der Waals surface area contributed by atoms with Gasteiger partial charge in [0.15, 0.2) is 11.6 Å². The Kier molecular flexibility index (Phi) is 6.39. The summed E-state index contributed by atoms with van der Waals surface area (Å²) >= 11 is 0. The average Bonchev–Trinajstić information content (AvgIpc) is 2.50. The van der Waals surface area contributed by atoms with E-state index in [4.69, 9.17) is 4.74 Å². The van der Waals surface area contributed by atoms with Crippen molar-refractivity contribution in [2.45, 2.75) is 45.3 Å². The normalized spacial score (nSPS) is 18.7. The van der Waals surface area contributed by atoms with Crippen LogP contribution in [0.2, 0.25) is 0 Å². The van der Waals surface area contributed by atoms with Gasteiger partial charge in [-0.25, -0.2) is 9.37 Å². The lowest BCUT2D eigenvalue weighted by Gasteiger charge is -2.28. The molecule has 0 aromatic carbocycles. The summed E-state index contributed by atoms with van der Waals surface area (Å²) in [5.74, 6) is 0.194. The SMILES string of the molecule is CCCNCc1ccnc(N(C)CC2CCCCO2)c1F. The molecule has 1 unspecified atom stereocenters. The minimum atomic E-state index is -0.223. The molecule has 0 radical (unpaired) electrons. The molecular formula is C16H26FN3O. The largest absolute Gasteiger partial charge is 0.376 e. The maximum atomic E-state index is 14.5. The van der Waals surface area contributed by atoms with Crippen LogP contribution in [0.3, 0.4) is 0 Å². The highest BCUT2D eigenvalue weighted by Gasteiger charge is 2.19. The predicted octanol–water partition coefficient (Wildman–Crippen LogP) is 2.73. The van der Waals surface area contributed by atoms with Crippen LogP contribution in [0, 0.1) is 5.82 Å². The Bertz CT molecular complexity index is 436. The van der Waals surface area contributed by atoms with E-state index in [0.717, 1.165) is 32.4 Å². The van der Waals surface area contributed by atoms with Crippen LogP contribution in [0.4, 0.5) is 10.2 Å². The zero-order valence-electron chi connectivity index (χ0n) is 13.1. The predicted molar refractivity (Wildman–Crippen MR) is 83.1 cm³/mol. The van der Waals surface area contributed by atoms with Gasteiger partial charge in [-0.15, -0.1) is 0 Å². The number of pyridine rings is 1. The molecular weight excluding hydrogens is 269 g/mol. The third-order valence-corrected chi connectivity index (χ3v) is 3.81. The van der Waals surface area contributed by atoms with E-state index >= 15 is 0 Å². The Morgan fingerprint density at radius 2 is 2.33 bits per heavy atom. The molecule has 0 bridgehead atoms. The number of hydrogen-bond donors (Lipinski definition) is 1. The molecule has 1 aliphatic rings. The van der Waals surface area contributed by atoms with Crippen LogP contribution >= 0.6 is 0 Å². The molecule has 1 aromatic rings. The molecule has 1 aromatic heterocycles. The summed E-state index contributed by atoms with van der Waals surface area (Å²) in [6.07, 6.45) is 6.27. The van der Waals surface area contributed by atoms with Crippen molar-refractivity contribution in [3.63, 3.8) is 0 Å². The number of nitrogens with zero attached hydrogens (tertiary/aromatic N) is 2. The van der Waals surface area contributed by atoms with E-state index in [1.165, 1.54) is 6.42 Å². The van der Waals surface area contributed by atoms with Gasteiger partial charge < -0.3 is 15.0 Å². The average molecular weight is 295 g/mol. The smallest absolute Gasteiger partial charge is 0.170 e. The van der Waals surface area contributed by atoms with E-state index in [0.29, 0.717) is 24.5 Å². The fourth-order valence-corrected chi connectivity index (χ4v) is 2.62. The van der Waals surface area contributed by atoms with Crippen molar-refractivity contribution >= 4 is 5.82 Å². The Morgan fingerprint density at radius 3 is 3.05 bits per heavy atom. The van der Waals surface area contributed by atoms with E-state index < -0.39 is 0 Å². The Morgan fingerprint density at radius 1 is 1.48 bits per heavy atom. The third kappa shape index (κ3) is 4.64. The summed E-state index contributed by atoms with van der Waals surface area (Å²) in [6.45, 7) is 5.04. The first-order valence-electron chi connectivity index (χ1n) is 7.89. The fourth-order valence-electron chi connectivity index (χ4n) is 2.62. The van der Waals surface area contributed by atoms with Gasteiger partial charge in [0, 0.05) is 38.5 Å². The van der Waals surface area contributed by atoms with Crippen LogP contribution in [-0.2, 0) is 11.3 Å². The monoisotopic (exact) mass is 295 g/mol. The van der Waals surface area contributed by atoms with Crippen molar-refractivity contribution in [3.8, 4) is 0 Å². The number of halogens is 1. The second-order valence-corrected chi connectivity index (χ2v) is 5.65. The van der Waals surface area contributed by atoms with Crippen LogP contribution in [0.25, 0.3) is 0 Å². The molecule has 5 heteroatoms. The van der Waals surface area contributed by atoms with Crippen molar-refractivity contribution in [1.82, 2.24) is 10.3 Å². The Hall–Kier alpha value is -1.20. The van der Waals surface area contributed by atoms with Crippen molar-refractivity contribution in [3.05, 3.63) is 23.6 Å². The van der Waals surface area contributed by atoms with E-state index in [1.54, 1.807) is 12.3 Å². The molecule has 1 aliphatic heterocycles. The van der Waals surface area contributed by atoms with Crippen molar-refractivity contribution < 1.29 is 9.13 Å². The summed E-state index contributed by atoms with van der Waals surface area (Å²) in [6, 6.07) is 1.74. The molecule has 2 rings (SSSR count). The van der Waals surface area contributed by atoms with E-state index in [9.17, 15) is 4.39 Å². The number of nitrogens with one attached hydrogen (secondary N) is 1. The second kappa shape index (κ2) is 8.29. The topological polar surface area (TPSA) is 37.4 Å². The molecule has 1 fully saturated rings. The summed E-state index contributed by atoms with van der Waals surface area (Å²) in [4.78, 5) is 6.07. The van der Waals surface area contributed by atoms with Crippen LogP contribution in [0.5, 0.6) is 0 Å². The van der Waals surface area contributed by atoms with E-state index in [2.05, 4.69) is 17.2 Å². The molecule has 1 saturated heterocycles. The first-order valence-corrected chi connectivity index (χ1v) is 7.89. The van der Waals surface area contributed by atoms with Gasteiger partial charge >= 0.3 is 0 Å². The summed E-state index contributed by atoms with van der Waals surface area (Å²) in [5.41, 5.74) is 0.671. The molecule has 1 atom stereocenters. The highest BCUT2D eigenvalue weighted by molar-refractivity contribution is 5.42. The van der Waals surface area contributed by atoms with Gasteiger partial charge in [-0.3, -0.25) is 0 Å². The van der Waals surface area contributed by atoms with Crippen molar-refractivity contribution in [1.29, 1.82) is 0 Å². The highest BCUT2D eigenvalue weighted by atomic mass is 19.1. The highest BCUT2D eigenvalue weighted by Crippen LogP contribution is 2.21. The zero-order valence-corrected chi connectivity index (χ0v) is 13.1. The molecule has 21 heavy (non-hydrogen) atoms. The molecule has 0 amide bonds. The van der Waals surface area contributed by atoms with E-state index in [-0.39, 0.29) is 11.9 Å². The lowest BCUT2D eigenvalue weighted by atomic mass is 10.1. The van der Waals surface area contributed by atoms with Crippen molar-refractivity contribution in [2.75, 3.05) is 31.6 Å². The molecule has 118 valence electrons. The van der Waals surface area contributed by atoms with Gasteiger partial charge in [0.25, 0.3) is 0 Å². The van der Waals surface area contributed by atoms with E-state index in [1.807, 2.05) is 11.9 Å². The molecule has 1 N–H and O–H groups in total. The summed E-state index contributed by atoms with van der Waals surface area (Å²) in [5, 5.41) is 3.23. The van der Waals surface area contributed by atoms with Gasteiger partial charge in [0.1, 0.15) is 0 Å². The van der Waals surface area contributed by atoms with Crippen LogP contribution in [-0.4, -0.2) is 37.8 Å². The van der Waals surface area contributed by atoms with Crippen LogP contribution < -0.4 is 10.2 Å². The maximum absolute atomic E-state index is 14.5. The molecule has 0 spiro atoms. The Labute approximate surface area is 126 Å². The minimum absolute atomic E-state index is 0.187. The molecule has 0 saturated carbocycles. The number of likely N-dealkylation sites (N-methyl/N-ethyl adjacent to an activating group) is 1. The third-order valence-electron chi connectivity index (χ3n) is 3.81. The number of ether oxygens (including phenoxy) is 1. The molecule has 0 aliphatic carbocycles. The van der Waals surface area contributed by atoms with Gasteiger partial charge in [0.2, 0.25) is 0 Å². The van der Waals surface area contributed by atoms with Gasteiger partial charge in [-0.05, 0) is 38.3 Å². The van der Waals surface area contributed by atoms with Crippen LogP contribution in [0.1, 0.15) is 38.2 Å². The summed E-state index contributed by atoms with van der Waals surface area (Å²) in [7, 11) is 1.88. The zero-order chi connectivity index (χ0) is 15.1. The quantitative estimate of drug-likeness (QED) is 0.785. The standard InChI is InChI=1S/C16H26FN3O/c1-3-8-18-11-13-7-9-19-16(15(13)17)20(2)12-14-6-4-5-10-21-14/h7,9,14,18H,3-6,8,10-12H2,1-2H3. The number of aromatic nitrogens is 1. The second-order valence-electron chi connectivity index (χ2n) is 5.65. The fraction of sp³-hybridized carbons (Fsp3) is 0.688. The van der Waals surface area contributed by atoms with Gasteiger partial charge in [0.05, 0.1) is 6.10 Å². The lowest BCUT2D eigenvalue weighted by molar-refractivity contribution is 0.0214. The van der Waals surface area contributed by atoms with Crippen LogP contribution in [0.15, 0.2) is 12.3 Å². The maximum Gasteiger partial charge on any atom is 0.170 e. The number of hydrogen-bond acceptors (Lipinski definition) is 4. The minimum Gasteiger partial charge on any atom is -0.376 e. The first kappa shape index (κ1) is 16.2. The molecule has 2 heterocycles. The van der Waals surface area contributed by atoms with Gasteiger partial charge in [-0.2, -0.15) is 0 Å². The Balaban J connectivity index is 1.98. The number of rotatable bonds is 7. The van der Waals surface area contributed by atoms with Gasteiger partial charge in [-0.1, -0.05) is 6.92 Å². The summed E-state index contributed by atoms with van der Waals surface area (Å²) < 4.78 is 20.2. The first-order chi connectivity index (χ1) is 10.2.